The van der Waals surface area contributed by atoms with E-state index >= 15 is 0 Å². The predicted molar refractivity (Wildman–Crippen MR) is 88.2 cm³/mol. The van der Waals surface area contributed by atoms with Crippen molar-refractivity contribution >= 4 is 6.09 Å². The van der Waals surface area contributed by atoms with E-state index in [1.165, 1.54) is 5.56 Å². The Kier molecular flexibility index (Phi) is 5.36. The average Bonchev–Trinajstić information content (AvgIpc) is 2.87. The second kappa shape index (κ2) is 7.26. The van der Waals surface area contributed by atoms with Crippen molar-refractivity contribution in [1.29, 1.82) is 0 Å². The van der Waals surface area contributed by atoms with Gasteiger partial charge in [0.05, 0.1) is 12.9 Å². The number of carbonyl (C=O) groups excluding carboxylic acids is 1. The Morgan fingerprint density at radius 1 is 1.30 bits per heavy atom. The molecule has 0 bridgehead atoms. The first-order valence-electron chi connectivity index (χ1n) is 7.70. The van der Waals surface area contributed by atoms with Crippen LogP contribution in [0.3, 0.4) is 0 Å². The lowest BCUT2D eigenvalue weighted by molar-refractivity contribution is 0.0528. The SMILES string of the molecule is Cc1ccncc1Cn1cncc1CCNC(=O)OC(C)(C)C. The van der Waals surface area contributed by atoms with Gasteiger partial charge >= 0.3 is 6.09 Å². The molecule has 2 aromatic heterocycles. The van der Waals surface area contributed by atoms with Crippen molar-refractivity contribution in [3.63, 3.8) is 0 Å². The van der Waals surface area contributed by atoms with Gasteiger partial charge in [-0.2, -0.15) is 0 Å². The third-order valence-corrected chi connectivity index (χ3v) is 3.34. The van der Waals surface area contributed by atoms with E-state index in [2.05, 4.69) is 26.8 Å². The van der Waals surface area contributed by atoms with Gasteiger partial charge in [-0.3, -0.25) is 4.98 Å². The second-order valence-corrected chi connectivity index (χ2v) is 6.49. The fourth-order valence-corrected chi connectivity index (χ4v) is 2.15. The van der Waals surface area contributed by atoms with Gasteiger partial charge in [0.15, 0.2) is 0 Å². The summed E-state index contributed by atoms with van der Waals surface area (Å²) >= 11 is 0. The lowest BCUT2D eigenvalue weighted by Crippen LogP contribution is -2.33. The second-order valence-electron chi connectivity index (χ2n) is 6.49. The van der Waals surface area contributed by atoms with E-state index in [4.69, 9.17) is 4.74 Å². The molecule has 6 heteroatoms. The third-order valence-electron chi connectivity index (χ3n) is 3.34. The molecule has 2 heterocycles. The lowest BCUT2D eigenvalue weighted by atomic mass is 10.1. The number of nitrogens with zero attached hydrogens (tertiary/aromatic N) is 3. The smallest absolute Gasteiger partial charge is 0.407 e. The molecule has 0 saturated heterocycles. The largest absolute Gasteiger partial charge is 0.444 e. The van der Waals surface area contributed by atoms with Crippen LogP contribution in [-0.4, -0.2) is 32.8 Å². The topological polar surface area (TPSA) is 69.0 Å². The fourth-order valence-electron chi connectivity index (χ4n) is 2.15. The van der Waals surface area contributed by atoms with Crippen LogP contribution in [0.15, 0.2) is 31.0 Å². The molecule has 2 aromatic rings. The van der Waals surface area contributed by atoms with Gasteiger partial charge in [-0.25, -0.2) is 9.78 Å². The molecule has 0 aliphatic rings. The quantitative estimate of drug-likeness (QED) is 0.921. The van der Waals surface area contributed by atoms with Crippen LogP contribution in [0, 0.1) is 6.92 Å². The Morgan fingerprint density at radius 3 is 2.78 bits per heavy atom. The Morgan fingerprint density at radius 2 is 2.09 bits per heavy atom. The van der Waals surface area contributed by atoms with Crippen molar-refractivity contribution < 1.29 is 9.53 Å². The minimum atomic E-state index is -0.482. The molecule has 0 unspecified atom stereocenters. The van der Waals surface area contributed by atoms with Crippen molar-refractivity contribution in [2.75, 3.05) is 6.54 Å². The molecule has 0 aliphatic carbocycles. The molecule has 0 radical (unpaired) electrons. The van der Waals surface area contributed by atoms with Gasteiger partial charge < -0.3 is 14.6 Å². The number of hydrogen-bond acceptors (Lipinski definition) is 4. The molecular formula is C17H24N4O2. The summed E-state index contributed by atoms with van der Waals surface area (Å²) < 4.78 is 7.29. The van der Waals surface area contributed by atoms with E-state index in [-0.39, 0.29) is 0 Å². The molecule has 0 aromatic carbocycles. The van der Waals surface area contributed by atoms with Crippen molar-refractivity contribution in [3.05, 3.63) is 47.8 Å². The van der Waals surface area contributed by atoms with Crippen LogP contribution in [0.25, 0.3) is 0 Å². The molecule has 0 spiro atoms. The van der Waals surface area contributed by atoms with Gasteiger partial charge in [-0.15, -0.1) is 0 Å². The highest BCUT2D eigenvalue weighted by Gasteiger charge is 2.15. The molecule has 124 valence electrons. The molecule has 23 heavy (non-hydrogen) atoms. The van der Waals surface area contributed by atoms with Gasteiger partial charge in [-0.05, 0) is 44.9 Å². The summed E-state index contributed by atoms with van der Waals surface area (Å²) in [5.74, 6) is 0. The Balaban J connectivity index is 1.89. The van der Waals surface area contributed by atoms with Crippen molar-refractivity contribution in [1.82, 2.24) is 19.9 Å². The number of aryl methyl sites for hydroxylation is 1. The minimum Gasteiger partial charge on any atom is -0.444 e. The van der Waals surface area contributed by atoms with Crippen LogP contribution in [0.4, 0.5) is 4.79 Å². The highest BCUT2D eigenvalue weighted by Crippen LogP contribution is 2.10. The zero-order chi connectivity index (χ0) is 16.9. The normalized spacial score (nSPS) is 11.3. The maximum Gasteiger partial charge on any atom is 0.407 e. The van der Waals surface area contributed by atoms with Gasteiger partial charge in [0.25, 0.3) is 0 Å². The summed E-state index contributed by atoms with van der Waals surface area (Å²) in [6.07, 6.45) is 7.58. The maximum absolute atomic E-state index is 11.6. The average molecular weight is 316 g/mol. The Bertz CT molecular complexity index is 659. The summed E-state index contributed by atoms with van der Waals surface area (Å²) in [4.78, 5) is 20.0. The van der Waals surface area contributed by atoms with Crippen LogP contribution >= 0.6 is 0 Å². The number of hydrogen-bond donors (Lipinski definition) is 1. The molecule has 0 atom stereocenters. The van der Waals surface area contributed by atoms with E-state index in [1.54, 1.807) is 12.5 Å². The van der Waals surface area contributed by atoms with E-state index in [9.17, 15) is 4.79 Å². The molecule has 1 N–H and O–H groups in total. The van der Waals surface area contributed by atoms with E-state index in [1.807, 2.05) is 39.2 Å². The predicted octanol–water partition coefficient (Wildman–Crippen LogP) is 2.70. The maximum atomic E-state index is 11.6. The number of alkyl carbamates (subject to hydrolysis) is 1. The number of nitrogens with one attached hydrogen (secondary N) is 1. The molecule has 0 aliphatic heterocycles. The highest BCUT2D eigenvalue weighted by molar-refractivity contribution is 5.67. The zero-order valence-corrected chi connectivity index (χ0v) is 14.2. The standard InChI is InChI=1S/C17H24N4O2/c1-13-5-7-18-9-14(13)11-21-12-19-10-15(21)6-8-20-16(22)23-17(2,3)4/h5,7,9-10,12H,6,8,11H2,1-4H3,(H,20,22). The number of ether oxygens (including phenoxy) is 1. The third kappa shape index (κ3) is 5.39. The Labute approximate surface area is 136 Å². The number of amides is 1. The Hall–Kier alpha value is -2.37. The number of rotatable bonds is 5. The number of pyridine rings is 1. The summed E-state index contributed by atoms with van der Waals surface area (Å²) in [5, 5.41) is 2.77. The van der Waals surface area contributed by atoms with Crippen LogP contribution in [0.5, 0.6) is 0 Å². The zero-order valence-electron chi connectivity index (χ0n) is 14.2. The van der Waals surface area contributed by atoms with Gasteiger partial charge in [0, 0.05) is 37.3 Å². The monoisotopic (exact) mass is 316 g/mol. The summed E-state index contributed by atoms with van der Waals surface area (Å²) in [6, 6.07) is 2.00. The first-order valence-corrected chi connectivity index (χ1v) is 7.70. The molecule has 0 fully saturated rings. The number of carbonyl (C=O) groups is 1. The summed E-state index contributed by atoms with van der Waals surface area (Å²) in [7, 11) is 0. The van der Waals surface area contributed by atoms with E-state index < -0.39 is 11.7 Å². The van der Waals surface area contributed by atoms with Crippen molar-refractivity contribution in [2.24, 2.45) is 0 Å². The van der Waals surface area contributed by atoms with Crippen LogP contribution < -0.4 is 5.32 Å². The van der Waals surface area contributed by atoms with Crippen molar-refractivity contribution in [3.8, 4) is 0 Å². The van der Waals surface area contributed by atoms with Gasteiger partial charge in [0.2, 0.25) is 0 Å². The molecule has 6 nitrogen and oxygen atoms in total. The molecule has 1 amide bonds. The van der Waals surface area contributed by atoms with Crippen LogP contribution in [0.2, 0.25) is 0 Å². The first-order chi connectivity index (χ1) is 10.8. The number of imidazole rings is 1. The van der Waals surface area contributed by atoms with E-state index in [0.29, 0.717) is 13.0 Å². The fraction of sp³-hybridized carbons (Fsp3) is 0.471. The van der Waals surface area contributed by atoms with Crippen molar-refractivity contribution in [2.45, 2.75) is 46.3 Å². The van der Waals surface area contributed by atoms with Crippen LogP contribution in [0.1, 0.15) is 37.6 Å². The van der Waals surface area contributed by atoms with E-state index in [0.717, 1.165) is 17.8 Å². The summed E-state index contributed by atoms with van der Waals surface area (Å²) in [5.41, 5.74) is 2.94. The highest BCUT2D eigenvalue weighted by atomic mass is 16.6. The number of aromatic nitrogens is 3. The summed E-state index contributed by atoms with van der Waals surface area (Å²) in [6.45, 7) is 8.83. The minimum absolute atomic E-state index is 0.397. The van der Waals surface area contributed by atoms with Crippen LogP contribution in [-0.2, 0) is 17.7 Å². The van der Waals surface area contributed by atoms with Gasteiger partial charge in [0.1, 0.15) is 5.60 Å². The molecule has 2 rings (SSSR count). The van der Waals surface area contributed by atoms with Gasteiger partial charge in [-0.1, -0.05) is 0 Å². The molecular weight excluding hydrogens is 292 g/mol. The first kappa shape index (κ1) is 17.0. The lowest BCUT2D eigenvalue weighted by Gasteiger charge is -2.19. The molecule has 0 saturated carbocycles.